The molecule has 0 saturated heterocycles. The topological polar surface area (TPSA) is 78.9 Å². The summed E-state index contributed by atoms with van der Waals surface area (Å²) in [6.07, 6.45) is 65.8. The number of hydrogen-bond acceptors (Lipinski definition) is 6. The zero-order chi connectivity index (χ0) is 47.9. The SMILES string of the molecule is CCCCCCCC/C=C\C/C=C\CCC(=O)OCC(COC(=O)CCCCCCCCC/C=C\CCCCCCCCCC)OC(=O)CCCCCCCCCCCCCCCCCC. The van der Waals surface area contributed by atoms with Gasteiger partial charge in [0, 0.05) is 19.3 Å². The molecule has 386 valence electrons. The van der Waals surface area contributed by atoms with Gasteiger partial charge in [0.2, 0.25) is 0 Å². The van der Waals surface area contributed by atoms with E-state index in [-0.39, 0.29) is 37.5 Å². The predicted molar refractivity (Wildman–Crippen MR) is 284 cm³/mol. The van der Waals surface area contributed by atoms with Crippen LogP contribution in [-0.2, 0) is 28.6 Å². The van der Waals surface area contributed by atoms with E-state index in [9.17, 15) is 14.4 Å². The van der Waals surface area contributed by atoms with Gasteiger partial charge in [0.1, 0.15) is 13.2 Å². The van der Waals surface area contributed by atoms with Gasteiger partial charge in [0.25, 0.3) is 0 Å². The molecule has 1 unspecified atom stereocenters. The highest BCUT2D eigenvalue weighted by Crippen LogP contribution is 2.16. The highest BCUT2D eigenvalue weighted by atomic mass is 16.6. The lowest BCUT2D eigenvalue weighted by atomic mass is 10.0. The molecule has 0 aliphatic heterocycles. The normalized spacial score (nSPS) is 12.2. The van der Waals surface area contributed by atoms with Crippen LogP contribution in [0.25, 0.3) is 0 Å². The molecule has 0 amide bonds. The molecule has 0 bridgehead atoms. The molecule has 0 aliphatic rings. The Balaban J connectivity index is 4.37. The van der Waals surface area contributed by atoms with Gasteiger partial charge in [-0.3, -0.25) is 14.4 Å². The molecular weight excluding hydrogens is 817 g/mol. The van der Waals surface area contributed by atoms with Crippen molar-refractivity contribution in [1.29, 1.82) is 0 Å². The van der Waals surface area contributed by atoms with E-state index in [1.807, 2.05) is 6.08 Å². The first-order valence-electron chi connectivity index (χ1n) is 29.0. The lowest BCUT2D eigenvalue weighted by molar-refractivity contribution is -0.166. The summed E-state index contributed by atoms with van der Waals surface area (Å²) in [7, 11) is 0. The van der Waals surface area contributed by atoms with E-state index in [0.29, 0.717) is 19.3 Å². The van der Waals surface area contributed by atoms with E-state index in [1.54, 1.807) is 0 Å². The van der Waals surface area contributed by atoms with Gasteiger partial charge in [-0.25, -0.2) is 0 Å². The summed E-state index contributed by atoms with van der Waals surface area (Å²) in [6.45, 7) is 6.62. The molecule has 0 radical (unpaired) electrons. The van der Waals surface area contributed by atoms with Crippen LogP contribution < -0.4 is 0 Å². The van der Waals surface area contributed by atoms with E-state index < -0.39 is 6.10 Å². The van der Waals surface area contributed by atoms with Gasteiger partial charge >= 0.3 is 17.9 Å². The van der Waals surface area contributed by atoms with Crippen molar-refractivity contribution in [3.8, 4) is 0 Å². The number of ether oxygens (including phenoxy) is 3. The monoisotopic (exact) mass is 927 g/mol. The molecule has 6 heteroatoms. The van der Waals surface area contributed by atoms with Crippen molar-refractivity contribution < 1.29 is 28.6 Å². The summed E-state index contributed by atoms with van der Waals surface area (Å²) >= 11 is 0. The molecule has 0 aliphatic carbocycles. The Morgan fingerprint density at radius 2 is 0.576 bits per heavy atom. The standard InChI is InChI=1S/C60H110O6/c1-4-7-10-13-16-19-22-25-27-29-30-31-33-35-38-41-44-47-50-53-59(62)65-56-57(55-64-58(61)52-49-46-43-40-37-34-24-21-18-15-12-9-6-3)66-60(63)54-51-48-45-42-39-36-32-28-26-23-20-17-14-11-8-5-2/h29-30,34,37,43,46,57H,4-28,31-33,35-36,38-42,44-45,47-56H2,1-3H3/b30-29-,37-34-,46-43-. The maximum atomic E-state index is 12.8. The zero-order valence-corrected chi connectivity index (χ0v) is 44.2. The van der Waals surface area contributed by atoms with Crippen LogP contribution in [0.3, 0.4) is 0 Å². The van der Waals surface area contributed by atoms with Crippen molar-refractivity contribution in [2.75, 3.05) is 13.2 Å². The summed E-state index contributed by atoms with van der Waals surface area (Å²) < 4.78 is 16.8. The Labute approximate surface area is 410 Å². The van der Waals surface area contributed by atoms with E-state index in [2.05, 4.69) is 51.2 Å². The van der Waals surface area contributed by atoms with Gasteiger partial charge in [-0.05, 0) is 64.2 Å². The third kappa shape index (κ3) is 52.6. The van der Waals surface area contributed by atoms with Crippen LogP contribution in [0.2, 0.25) is 0 Å². The fourth-order valence-corrected chi connectivity index (χ4v) is 8.49. The molecule has 0 saturated carbocycles. The number of carbonyl (C=O) groups excluding carboxylic acids is 3. The number of esters is 3. The summed E-state index contributed by atoms with van der Waals surface area (Å²) in [4.78, 5) is 38.1. The summed E-state index contributed by atoms with van der Waals surface area (Å²) in [5, 5.41) is 0. The van der Waals surface area contributed by atoms with Gasteiger partial charge in [-0.15, -0.1) is 0 Å². The van der Waals surface area contributed by atoms with Crippen LogP contribution in [0.1, 0.15) is 310 Å². The van der Waals surface area contributed by atoms with Crippen molar-refractivity contribution in [1.82, 2.24) is 0 Å². The Morgan fingerprint density at radius 1 is 0.303 bits per heavy atom. The van der Waals surface area contributed by atoms with E-state index in [1.165, 1.54) is 212 Å². The van der Waals surface area contributed by atoms with Gasteiger partial charge in [-0.1, -0.05) is 263 Å². The van der Waals surface area contributed by atoms with Gasteiger partial charge < -0.3 is 14.2 Å². The number of carbonyl (C=O) groups is 3. The lowest BCUT2D eigenvalue weighted by Gasteiger charge is -2.18. The lowest BCUT2D eigenvalue weighted by Crippen LogP contribution is -2.30. The van der Waals surface area contributed by atoms with Gasteiger partial charge in [-0.2, -0.15) is 0 Å². The largest absolute Gasteiger partial charge is 0.462 e. The molecule has 6 nitrogen and oxygen atoms in total. The number of hydrogen-bond donors (Lipinski definition) is 0. The molecule has 0 heterocycles. The molecule has 0 aromatic heterocycles. The summed E-state index contributed by atoms with van der Waals surface area (Å²) in [5.74, 6) is -0.945. The fourth-order valence-electron chi connectivity index (χ4n) is 8.49. The summed E-state index contributed by atoms with van der Waals surface area (Å²) in [5.41, 5.74) is 0. The third-order valence-electron chi connectivity index (χ3n) is 12.9. The van der Waals surface area contributed by atoms with Crippen molar-refractivity contribution >= 4 is 17.9 Å². The quantitative estimate of drug-likeness (QED) is 0.0262. The van der Waals surface area contributed by atoms with Crippen LogP contribution in [0.15, 0.2) is 36.5 Å². The molecule has 0 fully saturated rings. The van der Waals surface area contributed by atoms with E-state index in [4.69, 9.17) is 14.2 Å². The second-order valence-electron chi connectivity index (χ2n) is 19.6. The first-order valence-corrected chi connectivity index (χ1v) is 29.0. The number of allylic oxidation sites excluding steroid dienone is 6. The zero-order valence-electron chi connectivity index (χ0n) is 44.2. The van der Waals surface area contributed by atoms with E-state index >= 15 is 0 Å². The molecular formula is C60H110O6. The minimum atomic E-state index is -0.793. The molecule has 0 rings (SSSR count). The van der Waals surface area contributed by atoms with Crippen LogP contribution in [0, 0.1) is 0 Å². The van der Waals surface area contributed by atoms with Crippen LogP contribution in [0.4, 0.5) is 0 Å². The van der Waals surface area contributed by atoms with Crippen LogP contribution >= 0.6 is 0 Å². The maximum Gasteiger partial charge on any atom is 0.306 e. The average Bonchev–Trinajstić information content (AvgIpc) is 3.31. The van der Waals surface area contributed by atoms with Crippen LogP contribution in [-0.4, -0.2) is 37.2 Å². The third-order valence-corrected chi connectivity index (χ3v) is 12.9. The second kappa shape index (κ2) is 55.2. The number of unbranched alkanes of at least 4 members (excludes halogenated alkanes) is 36. The van der Waals surface area contributed by atoms with Crippen molar-refractivity contribution in [2.24, 2.45) is 0 Å². The highest BCUT2D eigenvalue weighted by Gasteiger charge is 2.19. The van der Waals surface area contributed by atoms with Gasteiger partial charge in [0.15, 0.2) is 6.10 Å². The molecule has 66 heavy (non-hydrogen) atoms. The Kier molecular flexibility index (Phi) is 53.2. The molecule has 0 spiro atoms. The van der Waals surface area contributed by atoms with Crippen molar-refractivity contribution in [2.45, 2.75) is 316 Å². The molecule has 0 aromatic rings. The Bertz CT molecular complexity index is 1110. The second-order valence-corrected chi connectivity index (χ2v) is 19.6. The van der Waals surface area contributed by atoms with Gasteiger partial charge in [0.05, 0.1) is 0 Å². The Morgan fingerprint density at radius 3 is 0.939 bits per heavy atom. The molecule has 0 aromatic carbocycles. The first-order chi connectivity index (χ1) is 32.5. The van der Waals surface area contributed by atoms with Crippen LogP contribution in [0.5, 0.6) is 0 Å². The maximum absolute atomic E-state index is 12.8. The fraction of sp³-hybridized carbons (Fsp3) is 0.850. The van der Waals surface area contributed by atoms with E-state index in [0.717, 1.165) is 51.4 Å². The average molecular weight is 928 g/mol. The first kappa shape index (κ1) is 63.6. The summed E-state index contributed by atoms with van der Waals surface area (Å²) in [6, 6.07) is 0. The molecule has 1 atom stereocenters. The Hall–Kier alpha value is -2.37. The number of rotatable bonds is 53. The highest BCUT2D eigenvalue weighted by molar-refractivity contribution is 5.71. The van der Waals surface area contributed by atoms with Crippen molar-refractivity contribution in [3.63, 3.8) is 0 Å². The van der Waals surface area contributed by atoms with Crippen molar-refractivity contribution in [3.05, 3.63) is 36.5 Å². The smallest absolute Gasteiger partial charge is 0.306 e. The molecule has 0 N–H and O–H groups in total. The minimum absolute atomic E-state index is 0.0879. The predicted octanol–water partition coefficient (Wildman–Crippen LogP) is 19.3. The minimum Gasteiger partial charge on any atom is -0.462 e.